The van der Waals surface area contributed by atoms with Gasteiger partial charge in [0.1, 0.15) is 5.60 Å². The summed E-state index contributed by atoms with van der Waals surface area (Å²) in [6.07, 6.45) is 4.11. The Morgan fingerprint density at radius 1 is 1.33 bits per heavy atom. The van der Waals surface area contributed by atoms with Crippen LogP contribution in [0.25, 0.3) is 0 Å². The molecule has 0 radical (unpaired) electrons. The summed E-state index contributed by atoms with van der Waals surface area (Å²) < 4.78 is 5.64. The highest BCUT2D eigenvalue weighted by atomic mass is 16.6. The van der Waals surface area contributed by atoms with Crippen molar-refractivity contribution >= 4 is 11.8 Å². The molecule has 0 saturated heterocycles. The van der Waals surface area contributed by atoms with E-state index in [0.717, 1.165) is 24.9 Å². The third-order valence-corrected chi connectivity index (χ3v) is 3.95. The average molecular weight is 247 g/mol. The van der Waals surface area contributed by atoms with E-state index in [-0.39, 0.29) is 11.7 Å². The predicted molar refractivity (Wildman–Crippen MR) is 72.6 cm³/mol. The van der Waals surface area contributed by atoms with Crippen molar-refractivity contribution in [2.45, 2.75) is 45.1 Å². The van der Waals surface area contributed by atoms with Gasteiger partial charge in [0.25, 0.3) is 0 Å². The van der Waals surface area contributed by atoms with Crippen LogP contribution in [-0.2, 0) is 4.74 Å². The van der Waals surface area contributed by atoms with Crippen LogP contribution in [0, 0.1) is 5.92 Å². The lowest BCUT2D eigenvalue weighted by Crippen LogP contribution is -2.41. The summed E-state index contributed by atoms with van der Waals surface area (Å²) in [5, 5.41) is 2.77. The molecule has 1 N–H and O–H groups in total. The first-order chi connectivity index (χ1) is 8.60. The minimum absolute atomic E-state index is 0.322. The van der Waals surface area contributed by atoms with E-state index in [9.17, 15) is 4.79 Å². The third-order valence-electron chi connectivity index (χ3n) is 3.95. The summed E-state index contributed by atoms with van der Waals surface area (Å²) >= 11 is 0. The summed E-state index contributed by atoms with van der Waals surface area (Å²) in [4.78, 5) is 11.9. The molecule has 18 heavy (non-hydrogen) atoms. The lowest BCUT2D eigenvalue weighted by atomic mass is 9.77. The molecule has 0 bridgehead atoms. The van der Waals surface area contributed by atoms with Crippen molar-refractivity contribution in [3.8, 4) is 0 Å². The Balaban J connectivity index is 1.94. The summed E-state index contributed by atoms with van der Waals surface area (Å²) in [7, 11) is 0. The predicted octanol–water partition coefficient (Wildman–Crippen LogP) is 4.20. The van der Waals surface area contributed by atoms with Crippen LogP contribution in [0.2, 0.25) is 0 Å². The van der Waals surface area contributed by atoms with Crippen LogP contribution in [0.15, 0.2) is 30.3 Å². The van der Waals surface area contributed by atoms with Gasteiger partial charge in [-0.25, -0.2) is 4.79 Å². The normalized spacial score (nSPS) is 27.6. The van der Waals surface area contributed by atoms with E-state index >= 15 is 0 Å². The first kappa shape index (κ1) is 12.9. The molecule has 0 heterocycles. The van der Waals surface area contributed by atoms with Gasteiger partial charge >= 0.3 is 6.09 Å². The lowest BCUT2D eigenvalue weighted by Gasteiger charge is -2.38. The lowest BCUT2D eigenvalue weighted by molar-refractivity contribution is -0.0331. The molecule has 1 aliphatic rings. The fourth-order valence-electron chi connectivity index (χ4n) is 2.51. The summed E-state index contributed by atoms with van der Waals surface area (Å²) in [6, 6.07) is 9.41. The smallest absolute Gasteiger partial charge is 0.412 e. The largest absolute Gasteiger partial charge is 0.443 e. The summed E-state index contributed by atoms with van der Waals surface area (Å²) in [5.41, 5.74) is 0.450. The number of para-hydroxylation sites is 1. The molecule has 0 aromatic heterocycles. The van der Waals surface area contributed by atoms with Crippen molar-refractivity contribution in [1.82, 2.24) is 0 Å². The molecular formula is C15H21NO2. The van der Waals surface area contributed by atoms with Gasteiger partial charge in [-0.05, 0) is 44.2 Å². The second-order valence-electron chi connectivity index (χ2n) is 5.34. The second kappa shape index (κ2) is 5.42. The standard InChI is InChI=1S/C15H21NO2/c1-12-8-6-7-11-15(12,2)18-14(17)16-13-9-4-3-5-10-13/h3-5,9-10,12H,6-8,11H2,1-2H3,(H,16,17). The molecule has 1 amide bonds. The van der Waals surface area contributed by atoms with Crippen LogP contribution >= 0.6 is 0 Å². The van der Waals surface area contributed by atoms with Gasteiger partial charge in [-0.2, -0.15) is 0 Å². The topological polar surface area (TPSA) is 38.3 Å². The zero-order valence-electron chi connectivity index (χ0n) is 11.1. The highest BCUT2D eigenvalue weighted by Crippen LogP contribution is 2.36. The minimum Gasteiger partial charge on any atom is -0.443 e. The van der Waals surface area contributed by atoms with Gasteiger partial charge in [-0.15, -0.1) is 0 Å². The number of hydrogen-bond acceptors (Lipinski definition) is 2. The molecule has 1 saturated carbocycles. The molecular weight excluding hydrogens is 226 g/mol. The molecule has 0 spiro atoms. The zero-order valence-corrected chi connectivity index (χ0v) is 11.1. The van der Waals surface area contributed by atoms with E-state index in [1.165, 1.54) is 6.42 Å². The fraction of sp³-hybridized carbons (Fsp3) is 0.533. The van der Waals surface area contributed by atoms with Gasteiger partial charge in [0.15, 0.2) is 0 Å². The van der Waals surface area contributed by atoms with E-state index in [1.54, 1.807) is 0 Å². The van der Waals surface area contributed by atoms with Gasteiger partial charge in [0, 0.05) is 5.69 Å². The van der Waals surface area contributed by atoms with E-state index in [2.05, 4.69) is 12.2 Å². The minimum atomic E-state index is -0.350. The average Bonchev–Trinajstić information content (AvgIpc) is 2.34. The summed E-state index contributed by atoms with van der Waals surface area (Å²) in [6.45, 7) is 4.20. The number of amides is 1. The number of carbonyl (C=O) groups is 1. The molecule has 2 unspecified atom stereocenters. The quantitative estimate of drug-likeness (QED) is 0.850. The molecule has 2 atom stereocenters. The Morgan fingerprint density at radius 3 is 2.72 bits per heavy atom. The molecule has 3 nitrogen and oxygen atoms in total. The summed E-state index contributed by atoms with van der Waals surface area (Å²) in [5.74, 6) is 0.424. The molecule has 1 aromatic carbocycles. The number of anilines is 1. The molecule has 1 aromatic rings. The molecule has 0 aliphatic heterocycles. The first-order valence-electron chi connectivity index (χ1n) is 6.65. The molecule has 98 valence electrons. The van der Waals surface area contributed by atoms with E-state index in [0.29, 0.717) is 5.92 Å². The Labute approximate surface area is 109 Å². The number of ether oxygens (including phenoxy) is 1. The third kappa shape index (κ3) is 3.03. The van der Waals surface area contributed by atoms with Crippen molar-refractivity contribution in [2.75, 3.05) is 5.32 Å². The number of nitrogens with one attached hydrogen (secondary N) is 1. The van der Waals surface area contributed by atoms with Crippen molar-refractivity contribution < 1.29 is 9.53 Å². The number of hydrogen-bond donors (Lipinski definition) is 1. The number of carbonyl (C=O) groups excluding carboxylic acids is 1. The second-order valence-corrected chi connectivity index (χ2v) is 5.34. The maximum absolute atomic E-state index is 11.9. The van der Waals surface area contributed by atoms with Gasteiger partial charge in [0.2, 0.25) is 0 Å². The van der Waals surface area contributed by atoms with Crippen LogP contribution < -0.4 is 5.32 Å². The van der Waals surface area contributed by atoms with E-state index in [4.69, 9.17) is 4.74 Å². The van der Waals surface area contributed by atoms with Gasteiger partial charge in [-0.3, -0.25) is 5.32 Å². The Bertz CT molecular complexity index is 404. The van der Waals surface area contributed by atoms with Crippen LogP contribution in [-0.4, -0.2) is 11.7 Å². The first-order valence-corrected chi connectivity index (χ1v) is 6.65. The van der Waals surface area contributed by atoms with Crippen LogP contribution in [0.1, 0.15) is 39.5 Å². The van der Waals surface area contributed by atoms with Crippen molar-refractivity contribution in [2.24, 2.45) is 5.92 Å². The van der Waals surface area contributed by atoms with Crippen LogP contribution in [0.5, 0.6) is 0 Å². The van der Waals surface area contributed by atoms with Crippen molar-refractivity contribution in [3.63, 3.8) is 0 Å². The van der Waals surface area contributed by atoms with Crippen LogP contribution in [0.3, 0.4) is 0 Å². The maximum Gasteiger partial charge on any atom is 0.412 e. The number of rotatable bonds is 2. The zero-order chi connectivity index (χ0) is 13.0. The fourth-order valence-corrected chi connectivity index (χ4v) is 2.51. The van der Waals surface area contributed by atoms with Gasteiger partial charge < -0.3 is 4.74 Å². The molecule has 1 aliphatic carbocycles. The highest BCUT2D eigenvalue weighted by Gasteiger charge is 2.37. The van der Waals surface area contributed by atoms with Crippen LogP contribution in [0.4, 0.5) is 10.5 Å². The highest BCUT2D eigenvalue weighted by molar-refractivity contribution is 5.84. The van der Waals surface area contributed by atoms with Crippen molar-refractivity contribution in [1.29, 1.82) is 0 Å². The molecule has 1 fully saturated rings. The Morgan fingerprint density at radius 2 is 2.06 bits per heavy atom. The number of benzene rings is 1. The van der Waals surface area contributed by atoms with Gasteiger partial charge in [-0.1, -0.05) is 31.5 Å². The SMILES string of the molecule is CC1CCCCC1(C)OC(=O)Nc1ccccc1. The Kier molecular flexibility index (Phi) is 3.90. The monoisotopic (exact) mass is 247 g/mol. The molecule has 3 heteroatoms. The van der Waals surface area contributed by atoms with Gasteiger partial charge in [0.05, 0.1) is 0 Å². The molecule has 2 rings (SSSR count). The maximum atomic E-state index is 11.9. The van der Waals surface area contributed by atoms with Crippen molar-refractivity contribution in [3.05, 3.63) is 30.3 Å². The Hall–Kier alpha value is -1.51. The van der Waals surface area contributed by atoms with E-state index in [1.807, 2.05) is 37.3 Å². The van der Waals surface area contributed by atoms with E-state index < -0.39 is 0 Å².